The summed E-state index contributed by atoms with van der Waals surface area (Å²) < 4.78 is 5.98. The number of hydrogen-bond acceptors (Lipinski definition) is 6. The summed E-state index contributed by atoms with van der Waals surface area (Å²) in [7, 11) is 0. The molecule has 2 aliphatic heterocycles. The molecule has 0 N–H and O–H groups in total. The number of nitrogens with zero attached hydrogens (tertiary/aromatic N) is 5. The molecule has 2 saturated heterocycles. The van der Waals surface area contributed by atoms with E-state index >= 15 is 0 Å². The van der Waals surface area contributed by atoms with Gasteiger partial charge in [0.15, 0.2) is 11.5 Å². The Morgan fingerprint density at radius 1 is 1.17 bits per heavy atom. The molecule has 2 fully saturated rings. The van der Waals surface area contributed by atoms with Gasteiger partial charge in [0, 0.05) is 38.6 Å². The van der Waals surface area contributed by atoms with Crippen molar-refractivity contribution >= 4 is 5.82 Å². The summed E-state index contributed by atoms with van der Waals surface area (Å²) in [6.07, 6.45) is 3.35. The van der Waals surface area contributed by atoms with Crippen LogP contribution in [0.15, 0.2) is 42.7 Å². The summed E-state index contributed by atoms with van der Waals surface area (Å²) in [6.45, 7) is 4.15. The lowest BCUT2D eigenvalue weighted by molar-refractivity contribution is -0.0499. The van der Waals surface area contributed by atoms with Gasteiger partial charge in [0.25, 0.3) is 0 Å². The summed E-state index contributed by atoms with van der Waals surface area (Å²) in [4.78, 5) is 13.1. The molecule has 1 aromatic carbocycles. The van der Waals surface area contributed by atoms with Gasteiger partial charge < -0.3 is 9.64 Å². The van der Waals surface area contributed by atoms with Gasteiger partial charge in [0.1, 0.15) is 6.07 Å². The fourth-order valence-electron chi connectivity index (χ4n) is 3.59. The number of hydrogen-bond donors (Lipinski definition) is 0. The molecule has 6 heteroatoms. The Hall–Kier alpha value is -2.49. The average molecular weight is 321 g/mol. The molecule has 6 nitrogen and oxygen atoms in total. The lowest BCUT2D eigenvalue weighted by Gasteiger charge is -2.36. The second-order valence-electron chi connectivity index (χ2n) is 6.18. The zero-order valence-electron chi connectivity index (χ0n) is 13.4. The summed E-state index contributed by atoms with van der Waals surface area (Å²) in [5, 5.41) is 9.26. The van der Waals surface area contributed by atoms with Crippen LogP contribution in [0.5, 0.6) is 0 Å². The molecule has 1 aromatic heterocycles. The van der Waals surface area contributed by atoms with Crippen LogP contribution < -0.4 is 4.90 Å². The van der Waals surface area contributed by atoms with Crippen molar-refractivity contribution in [1.82, 2.24) is 14.9 Å². The normalized spacial score (nSPS) is 23.7. The highest BCUT2D eigenvalue weighted by molar-refractivity contribution is 5.51. The van der Waals surface area contributed by atoms with Crippen LogP contribution in [-0.4, -0.2) is 53.3 Å². The number of rotatable bonds is 3. The lowest BCUT2D eigenvalue weighted by Crippen LogP contribution is -2.50. The van der Waals surface area contributed by atoms with E-state index in [1.807, 2.05) is 6.07 Å². The summed E-state index contributed by atoms with van der Waals surface area (Å²) in [6, 6.07) is 13.0. The molecule has 2 unspecified atom stereocenters. The number of aromatic nitrogens is 2. The molecule has 122 valence electrons. The Morgan fingerprint density at radius 2 is 2.00 bits per heavy atom. The zero-order chi connectivity index (χ0) is 16.4. The maximum absolute atomic E-state index is 9.26. The Bertz CT molecular complexity index is 745. The fourth-order valence-corrected chi connectivity index (χ4v) is 3.59. The van der Waals surface area contributed by atoms with Crippen molar-refractivity contribution in [2.45, 2.75) is 18.7 Å². The first-order valence-corrected chi connectivity index (χ1v) is 8.21. The van der Waals surface area contributed by atoms with Gasteiger partial charge in [-0.3, -0.25) is 4.90 Å². The standard InChI is InChI=1S/C18H19N5O/c19-10-15-18(21-7-6-20-15)23-12-16-17(13-23)24-9-8-22(16)11-14-4-2-1-3-5-14/h1-7,16-17H,8-9,11-13H2. The molecular formula is C18H19N5O. The predicted octanol–water partition coefficient (Wildman–Crippen LogP) is 1.44. The maximum atomic E-state index is 9.26. The van der Waals surface area contributed by atoms with Gasteiger partial charge >= 0.3 is 0 Å². The Balaban J connectivity index is 1.53. The first-order valence-electron chi connectivity index (χ1n) is 8.21. The van der Waals surface area contributed by atoms with Crippen LogP contribution in [0.4, 0.5) is 5.82 Å². The highest BCUT2D eigenvalue weighted by atomic mass is 16.5. The molecule has 2 atom stereocenters. The topological polar surface area (TPSA) is 65.3 Å². The number of benzene rings is 1. The number of fused-ring (bicyclic) bond motifs is 1. The SMILES string of the molecule is N#Cc1nccnc1N1CC2OCCN(Cc3ccccc3)C2C1. The first-order chi connectivity index (χ1) is 11.8. The number of morpholine rings is 1. The maximum Gasteiger partial charge on any atom is 0.183 e. The van der Waals surface area contributed by atoms with Crippen LogP contribution in [0.25, 0.3) is 0 Å². The van der Waals surface area contributed by atoms with Gasteiger partial charge in [-0.25, -0.2) is 9.97 Å². The van der Waals surface area contributed by atoms with Gasteiger partial charge in [-0.1, -0.05) is 30.3 Å². The highest BCUT2D eigenvalue weighted by Gasteiger charge is 2.41. The van der Waals surface area contributed by atoms with Crippen LogP contribution in [0.1, 0.15) is 11.3 Å². The largest absolute Gasteiger partial charge is 0.373 e. The van der Waals surface area contributed by atoms with Gasteiger partial charge in [-0.05, 0) is 5.56 Å². The quantitative estimate of drug-likeness (QED) is 0.852. The number of ether oxygens (including phenoxy) is 1. The highest BCUT2D eigenvalue weighted by Crippen LogP contribution is 2.28. The van der Waals surface area contributed by atoms with E-state index in [9.17, 15) is 5.26 Å². The fraction of sp³-hybridized carbons (Fsp3) is 0.389. The van der Waals surface area contributed by atoms with E-state index in [-0.39, 0.29) is 6.10 Å². The smallest absolute Gasteiger partial charge is 0.183 e. The molecular weight excluding hydrogens is 302 g/mol. The lowest BCUT2D eigenvalue weighted by atomic mass is 10.1. The molecule has 2 aliphatic rings. The minimum absolute atomic E-state index is 0.149. The minimum atomic E-state index is 0.149. The van der Waals surface area contributed by atoms with Crippen molar-refractivity contribution in [2.75, 3.05) is 31.1 Å². The van der Waals surface area contributed by atoms with E-state index in [2.05, 4.69) is 50.1 Å². The first kappa shape index (κ1) is 15.1. The van der Waals surface area contributed by atoms with Crippen molar-refractivity contribution in [3.05, 3.63) is 54.0 Å². The van der Waals surface area contributed by atoms with Gasteiger partial charge in [0.2, 0.25) is 0 Å². The average Bonchev–Trinajstić information content (AvgIpc) is 3.08. The summed E-state index contributed by atoms with van der Waals surface area (Å²) in [5.74, 6) is 0.665. The van der Waals surface area contributed by atoms with Crippen LogP contribution in [-0.2, 0) is 11.3 Å². The van der Waals surface area contributed by atoms with E-state index in [0.29, 0.717) is 17.6 Å². The molecule has 24 heavy (non-hydrogen) atoms. The molecule has 0 spiro atoms. The zero-order valence-corrected chi connectivity index (χ0v) is 13.4. The van der Waals surface area contributed by atoms with E-state index in [1.165, 1.54) is 5.56 Å². The molecule has 0 saturated carbocycles. The van der Waals surface area contributed by atoms with Gasteiger partial charge in [0.05, 0.1) is 18.8 Å². The van der Waals surface area contributed by atoms with Crippen molar-refractivity contribution in [2.24, 2.45) is 0 Å². The molecule has 2 aromatic rings. The third kappa shape index (κ3) is 2.84. The van der Waals surface area contributed by atoms with Crippen molar-refractivity contribution < 1.29 is 4.74 Å². The molecule has 0 bridgehead atoms. The van der Waals surface area contributed by atoms with Crippen LogP contribution in [0, 0.1) is 11.3 Å². The Kier molecular flexibility index (Phi) is 4.11. The van der Waals surface area contributed by atoms with Crippen LogP contribution in [0.3, 0.4) is 0 Å². The van der Waals surface area contributed by atoms with Crippen molar-refractivity contribution in [3.63, 3.8) is 0 Å². The molecule has 4 rings (SSSR count). The Morgan fingerprint density at radius 3 is 2.83 bits per heavy atom. The monoisotopic (exact) mass is 321 g/mol. The molecule has 0 radical (unpaired) electrons. The van der Waals surface area contributed by atoms with Crippen molar-refractivity contribution in [1.29, 1.82) is 5.26 Å². The van der Waals surface area contributed by atoms with E-state index < -0.39 is 0 Å². The van der Waals surface area contributed by atoms with Crippen molar-refractivity contribution in [3.8, 4) is 6.07 Å². The summed E-state index contributed by atoms with van der Waals surface area (Å²) >= 11 is 0. The molecule has 0 aliphatic carbocycles. The third-order valence-electron chi connectivity index (χ3n) is 4.73. The second-order valence-corrected chi connectivity index (χ2v) is 6.18. The third-order valence-corrected chi connectivity index (χ3v) is 4.73. The predicted molar refractivity (Wildman–Crippen MR) is 89.3 cm³/mol. The number of anilines is 1. The summed E-state index contributed by atoms with van der Waals surface area (Å²) in [5.41, 5.74) is 1.69. The van der Waals surface area contributed by atoms with E-state index in [0.717, 1.165) is 32.8 Å². The second kappa shape index (κ2) is 6.56. The molecule has 0 amide bonds. The Labute approximate surface area is 141 Å². The van der Waals surface area contributed by atoms with E-state index in [1.54, 1.807) is 12.4 Å². The van der Waals surface area contributed by atoms with E-state index in [4.69, 9.17) is 4.74 Å². The van der Waals surface area contributed by atoms with Crippen LogP contribution >= 0.6 is 0 Å². The molecule has 3 heterocycles. The number of nitriles is 1. The van der Waals surface area contributed by atoms with Gasteiger partial charge in [-0.2, -0.15) is 5.26 Å². The van der Waals surface area contributed by atoms with Crippen LogP contribution in [0.2, 0.25) is 0 Å². The van der Waals surface area contributed by atoms with Gasteiger partial charge in [-0.15, -0.1) is 0 Å². The minimum Gasteiger partial charge on any atom is -0.373 e.